The highest BCUT2D eigenvalue weighted by molar-refractivity contribution is 7.17. The molecule has 1 aliphatic rings. The summed E-state index contributed by atoms with van der Waals surface area (Å²) in [5, 5.41) is 0.760. The lowest BCUT2D eigenvalue weighted by Gasteiger charge is -1.98. The minimum atomic E-state index is -0.359. The first-order chi connectivity index (χ1) is 9.19. The lowest BCUT2D eigenvalue weighted by Crippen LogP contribution is -1.99. The Morgan fingerprint density at radius 1 is 1.37 bits per heavy atom. The van der Waals surface area contributed by atoms with Crippen molar-refractivity contribution in [2.24, 2.45) is 0 Å². The minimum absolute atomic E-state index is 0.239. The van der Waals surface area contributed by atoms with E-state index in [0.717, 1.165) is 16.3 Å². The molecule has 19 heavy (non-hydrogen) atoms. The first kappa shape index (κ1) is 12.0. The SMILES string of the molecule is COC(=O)c1sc(-c2ccc3c(c2)OCO3)nc1C. The van der Waals surface area contributed by atoms with Gasteiger partial charge in [-0.25, -0.2) is 9.78 Å². The zero-order valence-corrected chi connectivity index (χ0v) is 11.2. The molecule has 0 N–H and O–H groups in total. The van der Waals surface area contributed by atoms with Crippen LogP contribution in [0.3, 0.4) is 0 Å². The van der Waals surface area contributed by atoms with Crippen LogP contribution in [0.25, 0.3) is 10.6 Å². The van der Waals surface area contributed by atoms with Crippen LogP contribution in [0.5, 0.6) is 11.5 Å². The molecule has 0 saturated heterocycles. The quantitative estimate of drug-likeness (QED) is 0.790. The molecule has 1 aromatic heterocycles. The molecule has 6 heteroatoms. The number of nitrogens with zero attached hydrogens (tertiary/aromatic N) is 1. The van der Waals surface area contributed by atoms with Crippen LogP contribution in [0.15, 0.2) is 18.2 Å². The van der Waals surface area contributed by atoms with E-state index in [1.165, 1.54) is 18.4 Å². The fourth-order valence-corrected chi connectivity index (χ4v) is 2.81. The van der Waals surface area contributed by atoms with E-state index in [-0.39, 0.29) is 12.8 Å². The molecular weight excluding hydrogens is 266 g/mol. The summed E-state index contributed by atoms with van der Waals surface area (Å²) in [6, 6.07) is 5.60. The fraction of sp³-hybridized carbons (Fsp3) is 0.231. The number of benzene rings is 1. The Morgan fingerprint density at radius 3 is 2.95 bits per heavy atom. The Bertz CT molecular complexity index is 650. The number of carbonyl (C=O) groups excluding carboxylic acids is 1. The second-order valence-electron chi connectivity index (χ2n) is 3.99. The van der Waals surface area contributed by atoms with Crippen LogP contribution in [-0.4, -0.2) is 24.9 Å². The second kappa shape index (κ2) is 4.55. The van der Waals surface area contributed by atoms with Gasteiger partial charge in [-0.3, -0.25) is 0 Å². The van der Waals surface area contributed by atoms with Gasteiger partial charge in [0.1, 0.15) is 9.88 Å². The van der Waals surface area contributed by atoms with Crippen molar-refractivity contribution in [2.45, 2.75) is 6.92 Å². The molecule has 0 amide bonds. The van der Waals surface area contributed by atoms with Gasteiger partial charge in [0.2, 0.25) is 6.79 Å². The van der Waals surface area contributed by atoms with Crippen molar-refractivity contribution in [2.75, 3.05) is 13.9 Å². The molecule has 0 saturated carbocycles. The van der Waals surface area contributed by atoms with E-state index in [0.29, 0.717) is 16.3 Å². The number of hydrogen-bond donors (Lipinski definition) is 0. The molecule has 0 radical (unpaired) electrons. The maximum atomic E-state index is 11.6. The van der Waals surface area contributed by atoms with Crippen molar-refractivity contribution in [1.82, 2.24) is 4.98 Å². The summed E-state index contributed by atoms with van der Waals surface area (Å²) in [7, 11) is 1.36. The number of hydrogen-bond acceptors (Lipinski definition) is 6. The minimum Gasteiger partial charge on any atom is -0.465 e. The van der Waals surface area contributed by atoms with Crippen LogP contribution >= 0.6 is 11.3 Å². The molecule has 0 fully saturated rings. The third-order valence-corrected chi connectivity index (χ3v) is 3.97. The topological polar surface area (TPSA) is 57.7 Å². The Labute approximate surface area is 113 Å². The third-order valence-electron chi connectivity index (χ3n) is 2.79. The van der Waals surface area contributed by atoms with E-state index < -0.39 is 0 Å². The molecule has 0 atom stereocenters. The number of fused-ring (bicyclic) bond motifs is 1. The van der Waals surface area contributed by atoms with Gasteiger partial charge >= 0.3 is 5.97 Å². The van der Waals surface area contributed by atoms with E-state index in [1.54, 1.807) is 6.92 Å². The van der Waals surface area contributed by atoms with Gasteiger partial charge in [0.15, 0.2) is 11.5 Å². The molecule has 1 aliphatic heterocycles. The number of rotatable bonds is 2. The van der Waals surface area contributed by atoms with Gasteiger partial charge in [-0.2, -0.15) is 0 Å². The van der Waals surface area contributed by atoms with Gasteiger partial charge in [0, 0.05) is 5.56 Å². The lowest BCUT2D eigenvalue weighted by atomic mass is 10.2. The number of aryl methyl sites for hydroxylation is 1. The third kappa shape index (κ3) is 2.04. The second-order valence-corrected chi connectivity index (χ2v) is 4.99. The Hall–Kier alpha value is -2.08. The van der Waals surface area contributed by atoms with E-state index in [1.807, 2.05) is 18.2 Å². The highest BCUT2D eigenvalue weighted by Gasteiger charge is 2.19. The van der Waals surface area contributed by atoms with Crippen LogP contribution in [0, 0.1) is 6.92 Å². The van der Waals surface area contributed by atoms with E-state index in [2.05, 4.69) is 4.98 Å². The zero-order chi connectivity index (χ0) is 13.4. The van der Waals surface area contributed by atoms with E-state index in [4.69, 9.17) is 14.2 Å². The van der Waals surface area contributed by atoms with Crippen molar-refractivity contribution in [3.63, 3.8) is 0 Å². The summed E-state index contributed by atoms with van der Waals surface area (Å²) in [5.74, 6) is 1.07. The number of carbonyl (C=O) groups is 1. The smallest absolute Gasteiger partial charge is 0.349 e. The summed E-state index contributed by atoms with van der Waals surface area (Å²) in [4.78, 5) is 16.5. The Balaban J connectivity index is 2.01. The van der Waals surface area contributed by atoms with Crippen LogP contribution in [0.4, 0.5) is 0 Å². The van der Waals surface area contributed by atoms with Crippen molar-refractivity contribution in [3.8, 4) is 22.1 Å². The Morgan fingerprint density at radius 2 is 2.16 bits per heavy atom. The van der Waals surface area contributed by atoms with Gasteiger partial charge in [-0.15, -0.1) is 11.3 Å². The molecule has 3 rings (SSSR count). The number of methoxy groups -OCH3 is 1. The summed E-state index contributed by atoms with van der Waals surface area (Å²) in [6.07, 6.45) is 0. The molecule has 5 nitrogen and oxygen atoms in total. The van der Waals surface area contributed by atoms with Crippen molar-refractivity contribution >= 4 is 17.3 Å². The van der Waals surface area contributed by atoms with Gasteiger partial charge in [-0.05, 0) is 25.1 Å². The summed E-state index contributed by atoms with van der Waals surface area (Å²) in [6.45, 7) is 2.03. The predicted molar refractivity (Wildman–Crippen MR) is 69.7 cm³/mol. The zero-order valence-electron chi connectivity index (χ0n) is 10.4. The van der Waals surface area contributed by atoms with Gasteiger partial charge in [0.25, 0.3) is 0 Å². The molecule has 98 valence electrons. The molecular formula is C13H11NO4S. The maximum Gasteiger partial charge on any atom is 0.349 e. The average Bonchev–Trinajstić information content (AvgIpc) is 3.03. The van der Waals surface area contributed by atoms with Crippen LogP contribution in [0.2, 0.25) is 0 Å². The summed E-state index contributed by atoms with van der Waals surface area (Å²) >= 11 is 1.31. The lowest BCUT2D eigenvalue weighted by molar-refractivity contribution is 0.0605. The molecule has 0 bridgehead atoms. The van der Waals surface area contributed by atoms with Crippen LogP contribution in [0.1, 0.15) is 15.4 Å². The molecule has 2 aromatic rings. The summed E-state index contributed by atoms with van der Waals surface area (Å²) < 4.78 is 15.3. The first-order valence-corrected chi connectivity index (χ1v) is 6.46. The van der Waals surface area contributed by atoms with Crippen molar-refractivity contribution < 1.29 is 19.0 Å². The van der Waals surface area contributed by atoms with E-state index in [9.17, 15) is 4.79 Å². The summed E-state index contributed by atoms with van der Waals surface area (Å²) in [5.41, 5.74) is 1.57. The van der Waals surface area contributed by atoms with Gasteiger partial charge in [-0.1, -0.05) is 0 Å². The molecule has 0 aliphatic carbocycles. The van der Waals surface area contributed by atoms with Crippen LogP contribution < -0.4 is 9.47 Å². The van der Waals surface area contributed by atoms with Crippen LogP contribution in [-0.2, 0) is 4.74 Å². The molecule has 0 unspecified atom stereocenters. The van der Waals surface area contributed by atoms with Crippen molar-refractivity contribution in [3.05, 3.63) is 28.8 Å². The highest BCUT2D eigenvalue weighted by Crippen LogP contribution is 2.37. The molecule has 0 spiro atoms. The molecule has 1 aromatic carbocycles. The Kier molecular flexibility index (Phi) is 2.87. The monoisotopic (exact) mass is 277 g/mol. The van der Waals surface area contributed by atoms with E-state index >= 15 is 0 Å². The predicted octanol–water partition coefficient (Wildman–Crippen LogP) is 2.63. The fourth-order valence-electron chi connectivity index (χ4n) is 1.83. The van der Waals surface area contributed by atoms with Gasteiger partial charge < -0.3 is 14.2 Å². The first-order valence-electron chi connectivity index (χ1n) is 5.65. The number of ether oxygens (including phenoxy) is 3. The normalized spacial score (nSPS) is 12.5. The van der Waals surface area contributed by atoms with Gasteiger partial charge in [0.05, 0.1) is 12.8 Å². The number of esters is 1. The highest BCUT2D eigenvalue weighted by atomic mass is 32.1. The average molecular weight is 277 g/mol. The standard InChI is InChI=1S/C13H11NO4S/c1-7-11(13(15)16-2)19-12(14-7)8-3-4-9-10(5-8)18-6-17-9/h3-5H,6H2,1-2H3. The number of aromatic nitrogens is 1. The molecule has 2 heterocycles. The largest absolute Gasteiger partial charge is 0.465 e. The number of thiazole rings is 1. The maximum absolute atomic E-state index is 11.6. The van der Waals surface area contributed by atoms with Crippen molar-refractivity contribution in [1.29, 1.82) is 0 Å².